The van der Waals surface area contributed by atoms with Gasteiger partial charge >= 0.3 is 0 Å². The number of pyridine rings is 1. The van der Waals surface area contributed by atoms with Crippen LogP contribution in [0, 0.1) is 5.82 Å². The van der Waals surface area contributed by atoms with E-state index in [1.165, 1.54) is 6.20 Å². The second-order valence-electron chi connectivity index (χ2n) is 5.26. The second kappa shape index (κ2) is 7.31. The van der Waals surface area contributed by atoms with Crippen LogP contribution in [0.5, 0.6) is 0 Å². The molecule has 4 nitrogen and oxygen atoms in total. The topological polar surface area (TPSA) is 42.7 Å². The van der Waals surface area contributed by atoms with E-state index in [2.05, 4.69) is 29.2 Å². The number of likely N-dealkylation sites (N-methyl/N-ethyl adjacent to an activating group) is 1. The summed E-state index contributed by atoms with van der Waals surface area (Å²) in [6, 6.07) is 4.04. The van der Waals surface area contributed by atoms with E-state index in [0.717, 1.165) is 18.7 Å². The Labute approximate surface area is 125 Å². The highest BCUT2D eigenvalue weighted by atomic mass is 19.1. The summed E-state index contributed by atoms with van der Waals surface area (Å²) in [5.74, 6) is -0.273. The number of nitrogens with zero attached hydrogens (tertiary/aromatic N) is 3. The molecule has 2 aromatic rings. The number of aromatic nitrogens is 3. The third-order valence-corrected chi connectivity index (χ3v) is 3.75. The summed E-state index contributed by atoms with van der Waals surface area (Å²) in [4.78, 5) is 3.81. The number of rotatable bonds is 7. The van der Waals surface area contributed by atoms with Crippen LogP contribution >= 0.6 is 0 Å². The first-order valence-corrected chi connectivity index (χ1v) is 7.52. The van der Waals surface area contributed by atoms with Gasteiger partial charge in [-0.1, -0.05) is 13.8 Å². The van der Waals surface area contributed by atoms with Crippen molar-refractivity contribution in [3.05, 3.63) is 47.8 Å². The summed E-state index contributed by atoms with van der Waals surface area (Å²) in [5, 5.41) is 7.92. The van der Waals surface area contributed by atoms with Crippen LogP contribution in [0.15, 0.2) is 30.7 Å². The molecule has 0 amide bonds. The van der Waals surface area contributed by atoms with Gasteiger partial charge in [-0.15, -0.1) is 0 Å². The minimum absolute atomic E-state index is 0.0849. The van der Waals surface area contributed by atoms with Gasteiger partial charge in [0.05, 0.1) is 11.9 Å². The zero-order chi connectivity index (χ0) is 15.2. The molecule has 1 N–H and O–H groups in total. The maximum absolute atomic E-state index is 13.9. The van der Waals surface area contributed by atoms with Crippen molar-refractivity contribution in [2.24, 2.45) is 0 Å². The molecule has 0 spiro atoms. The Hall–Kier alpha value is -1.75. The summed E-state index contributed by atoms with van der Waals surface area (Å²) < 4.78 is 15.9. The number of hydrogen-bond acceptors (Lipinski definition) is 3. The van der Waals surface area contributed by atoms with Crippen LogP contribution < -0.4 is 5.32 Å². The minimum Gasteiger partial charge on any atom is -0.310 e. The molecule has 0 aromatic carbocycles. The molecule has 2 heterocycles. The van der Waals surface area contributed by atoms with Gasteiger partial charge in [-0.05, 0) is 32.0 Å². The Morgan fingerprint density at radius 2 is 2.14 bits per heavy atom. The van der Waals surface area contributed by atoms with E-state index in [1.54, 1.807) is 12.3 Å². The van der Waals surface area contributed by atoms with E-state index in [4.69, 9.17) is 0 Å². The van der Waals surface area contributed by atoms with Gasteiger partial charge in [0.15, 0.2) is 0 Å². The first-order chi connectivity index (χ1) is 10.2. The highest BCUT2D eigenvalue weighted by Gasteiger charge is 2.17. The third-order valence-electron chi connectivity index (χ3n) is 3.75. The molecule has 21 heavy (non-hydrogen) atoms. The van der Waals surface area contributed by atoms with Crippen LogP contribution in [0.25, 0.3) is 0 Å². The van der Waals surface area contributed by atoms with Gasteiger partial charge in [0.25, 0.3) is 0 Å². The Morgan fingerprint density at radius 1 is 1.33 bits per heavy atom. The highest BCUT2D eigenvalue weighted by Crippen LogP contribution is 2.20. The summed E-state index contributed by atoms with van der Waals surface area (Å²) in [5.41, 5.74) is 1.61. The summed E-state index contributed by atoms with van der Waals surface area (Å²) in [7, 11) is 0. The SMILES string of the molecule is CCNC(Cc1ccn(C(C)CC)n1)c1ccncc1F. The van der Waals surface area contributed by atoms with E-state index in [-0.39, 0.29) is 11.9 Å². The first-order valence-electron chi connectivity index (χ1n) is 7.52. The van der Waals surface area contributed by atoms with Crippen molar-refractivity contribution in [2.75, 3.05) is 6.54 Å². The molecule has 0 saturated carbocycles. The van der Waals surface area contributed by atoms with Gasteiger partial charge in [0, 0.05) is 36.5 Å². The van der Waals surface area contributed by atoms with Gasteiger partial charge in [-0.2, -0.15) is 5.10 Å². The first kappa shape index (κ1) is 15.6. The normalized spacial score (nSPS) is 14.1. The molecule has 114 valence electrons. The largest absolute Gasteiger partial charge is 0.310 e. The molecule has 2 aromatic heterocycles. The van der Waals surface area contributed by atoms with E-state index in [9.17, 15) is 4.39 Å². The molecular formula is C16H23FN4. The fourth-order valence-corrected chi connectivity index (χ4v) is 2.33. The summed E-state index contributed by atoms with van der Waals surface area (Å²) >= 11 is 0. The predicted octanol–water partition coefficient (Wildman–Crippen LogP) is 3.28. The monoisotopic (exact) mass is 290 g/mol. The zero-order valence-electron chi connectivity index (χ0n) is 12.9. The van der Waals surface area contributed by atoms with E-state index in [0.29, 0.717) is 18.0 Å². The van der Waals surface area contributed by atoms with Crippen molar-refractivity contribution in [1.82, 2.24) is 20.1 Å². The second-order valence-corrected chi connectivity index (χ2v) is 5.26. The zero-order valence-corrected chi connectivity index (χ0v) is 12.9. The summed E-state index contributed by atoms with van der Waals surface area (Å²) in [6.07, 6.45) is 6.59. The Morgan fingerprint density at radius 3 is 2.81 bits per heavy atom. The lowest BCUT2D eigenvalue weighted by Crippen LogP contribution is -2.24. The van der Waals surface area contributed by atoms with Crippen LogP contribution in [-0.4, -0.2) is 21.3 Å². The van der Waals surface area contributed by atoms with Gasteiger partial charge in [-0.25, -0.2) is 4.39 Å². The number of halogens is 1. The average Bonchev–Trinajstić information content (AvgIpc) is 2.95. The standard InChI is InChI=1S/C16H23FN4/c1-4-12(3)21-9-7-13(20-21)10-16(19-5-2)14-6-8-18-11-15(14)17/h6-9,11-12,16,19H,4-5,10H2,1-3H3. The summed E-state index contributed by atoms with van der Waals surface area (Å²) in [6.45, 7) is 7.07. The molecular weight excluding hydrogens is 267 g/mol. The molecule has 0 fully saturated rings. The van der Waals surface area contributed by atoms with Crippen molar-refractivity contribution in [3.8, 4) is 0 Å². The molecule has 0 bridgehead atoms. The fraction of sp³-hybridized carbons (Fsp3) is 0.500. The van der Waals surface area contributed by atoms with Crippen LogP contribution in [0.4, 0.5) is 4.39 Å². The quantitative estimate of drug-likeness (QED) is 0.851. The minimum atomic E-state index is -0.273. The fourth-order valence-electron chi connectivity index (χ4n) is 2.33. The molecule has 2 unspecified atom stereocenters. The van der Waals surface area contributed by atoms with Crippen LogP contribution in [0.1, 0.15) is 50.5 Å². The van der Waals surface area contributed by atoms with Crippen LogP contribution in [0.3, 0.4) is 0 Å². The molecule has 2 rings (SSSR count). The van der Waals surface area contributed by atoms with E-state index < -0.39 is 0 Å². The maximum atomic E-state index is 13.9. The number of hydrogen-bond donors (Lipinski definition) is 1. The lowest BCUT2D eigenvalue weighted by molar-refractivity contribution is 0.463. The Bertz CT molecular complexity index is 567. The number of nitrogens with one attached hydrogen (secondary N) is 1. The van der Waals surface area contributed by atoms with Crippen molar-refractivity contribution >= 4 is 0 Å². The van der Waals surface area contributed by atoms with E-state index >= 15 is 0 Å². The molecule has 5 heteroatoms. The lowest BCUT2D eigenvalue weighted by Gasteiger charge is -2.17. The van der Waals surface area contributed by atoms with Crippen LogP contribution in [0.2, 0.25) is 0 Å². The average molecular weight is 290 g/mol. The molecule has 2 atom stereocenters. The molecule has 0 radical (unpaired) electrons. The van der Waals surface area contributed by atoms with Gasteiger partial charge in [0.1, 0.15) is 5.82 Å². The maximum Gasteiger partial charge on any atom is 0.146 e. The lowest BCUT2D eigenvalue weighted by atomic mass is 10.0. The Balaban J connectivity index is 2.17. The third kappa shape index (κ3) is 3.88. The van der Waals surface area contributed by atoms with Crippen molar-refractivity contribution < 1.29 is 4.39 Å². The van der Waals surface area contributed by atoms with Gasteiger partial charge in [-0.3, -0.25) is 9.67 Å². The molecule has 0 aliphatic carbocycles. The van der Waals surface area contributed by atoms with Gasteiger partial charge < -0.3 is 5.32 Å². The van der Waals surface area contributed by atoms with E-state index in [1.807, 2.05) is 23.9 Å². The van der Waals surface area contributed by atoms with Gasteiger partial charge in [0.2, 0.25) is 0 Å². The van der Waals surface area contributed by atoms with Crippen LogP contribution in [-0.2, 0) is 6.42 Å². The molecule has 0 aliphatic heterocycles. The smallest absolute Gasteiger partial charge is 0.146 e. The van der Waals surface area contributed by atoms with Crippen molar-refractivity contribution in [1.29, 1.82) is 0 Å². The highest BCUT2D eigenvalue weighted by molar-refractivity contribution is 5.20. The predicted molar refractivity (Wildman–Crippen MR) is 81.5 cm³/mol. The van der Waals surface area contributed by atoms with Crippen molar-refractivity contribution in [2.45, 2.75) is 45.7 Å². The molecule has 0 aliphatic rings. The Kier molecular flexibility index (Phi) is 5.44. The molecule has 0 saturated heterocycles. The van der Waals surface area contributed by atoms with Crippen molar-refractivity contribution in [3.63, 3.8) is 0 Å².